The van der Waals surface area contributed by atoms with Gasteiger partial charge in [0.1, 0.15) is 6.04 Å². The van der Waals surface area contributed by atoms with Gasteiger partial charge in [-0.3, -0.25) is 9.59 Å². The summed E-state index contributed by atoms with van der Waals surface area (Å²) in [4.78, 5) is 27.2. The molecule has 1 aliphatic heterocycles. The highest BCUT2D eigenvalue weighted by Crippen LogP contribution is 2.30. The predicted octanol–water partition coefficient (Wildman–Crippen LogP) is 3.17. The first kappa shape index (κ1) is 21.2. The summed E-state index contributed by atoms with van der Waals surface area (Å²) in [5, 5.41) is 9.25. The van der Waals surface area contributed by atoms with Gasteiger partial charge >= 0.3 is 0 Å². The molecule has 0 fully saturated rings. The standard InChI is InChI=1S/C21H34N4O2/c1-6-15(5)19-21(27)24-18-11-16(9-10-17(18)23-19)20(26)22-12-14(4)13-25(7-2)8-3/h9-11,14-15,19,23H,6-8,12-13H2,1-5H3,(H,22,26)(H,24,27)/t14-,15-,19-/m0/s1. The van der Waals surface area contributed by atoms with Crippen LogP contribution in [-0.2, 0) is 4.79 Å². The third-order valence-electron chi connectivity index (χ3n) is 5.42. The lowest BCUT2D eigenvalue weighted by molar-refractivity contribution is -0.118. The first-order chi connectivity index (χ1) is 12.9. The molecule has 27 heavy (non-hydrogen) atoms. The van der Waals surface area contributed by atoms with Crippen molar-refractivity contribution in [2.45, 2.75) is 47.1 Å². The van der Waals surface area contributed by atoms with Crippen LogP contribution >= 0.6 is 0 Å². The number of carbonyl (C=O) groups excluding carboxylic acids is 2. The second kappa shape index (κ2) is 9.74. The molecule has 150 valence electrons. The van der Waals surface area contributed by atoms with Crippen LogP contribution in [0, 0.1) is 11.8 Å². The molecule has 2 amide bonds. The van der Waals surface area contributed by atoms with E-state index in [9.17, 15) is 9.59 Å². The smallest absolute Gasteiger partial charge is 0.251 e. The molecule has 0 spiro atoms. The summed E-state index contributed by atoms with van der Waals surface area (Å²) in [5.41, 5.74) is 2.10. The van der Waals surface area contributed by atoms with Gasteiger partial charge in [0.25, 0.3) is 5.91 Å². The van der Waals surface area contributed by atoms with Gasteiger partial charge in [-0.1, -0.05) is 41.0 Å². The SMILES string of the molecule is CC[C@H](C)[C@@H]1Nc2ccc(C(=O)NC[C@H](C)CN(CC)CC)cc2NC1=O. The molecule has 1 heterocycles. The lowest BCUT2D eigenvalue weighted by atomic mass is 9.95. The largest absolute Gasteiger partial charge is 0.372 e. The van der Waals surface area contributed by atoms with Gasteiger partial charge in [-0.2, -0.15) is 0 Å². The lowest BCUT2D eigenvalue weighted by Gasteiger charge is -2.30. The number of rotatable bonds is 9. The molecule has 1 aliphatic rings. The van der Waals surface area contributed by atoms with Crippen LogP contribution in [0.5, 0.6) is 0 Å². The molecule has 3 atom stereocenters. The molecule has 2 rings (SSSR count). The normalized spacial score (nSPS) is 18.3. The molecule has 1 aromatic rings. The Labute approximate surface area is 163 Å². The number of hydrogen-bond acceptors (Lipinski definition) is 4. The van der Waals surface area contributed by atoms with Crippen LogP contribution in [0.4, 0.5) is 11.4 Å². The maximum Gasteiger partial charge on any atom is 0.251 e. The number of nitrogens with zero attached hydrogens (tertiary/aromatic N) is 1. The van der Waals surface area contributed by atoms with Gasteiger partial charge < -0.3 is 20.9 Å². The van der Waals surface area contributed by atoms with Crippen molar-refractivity contribution in [2.75, 3.05) is 36.8 Å². The van der Waals surface area contributed by atoms with Gasteiger partial charge in [0.15, 0.2) is 0 Å². The molecule has 0 bridgehead atoms. The summed E-state index contributed by atoms with van der Waals surface area (Å²) in [6.45, 7) is 14.2. The van der Waals surface area contributed by atoms with E-state index in [1.165, 1.54) is 0 Å². The molecule has 0 unspecified atom stereocenters. The number of benzene rings is 1. The van der Waals surface area contributed by atoms with Crippen molar-refractivity contribution in [1.29, 1.82) is 0 Å². The number of fused-ring (bicyclic) bond motifs is 1. The Kier molecular flexibility index (Phi) is 7.66. The van der Waals surface area contributed by atoms with Gasteiger partial charge in [-0.25, -0.2) is 0 Å². The molecular weight excluding hydrogens is 340 g/mol. The lowest BCUT2D eigenvalue weighted by Crippen LogP contribution is -2.43. The monoisotopic (exact) mass is 374 g/mol. The second-order valence-electron chi connectivity index (χ2n) is 7.56. The molecule has 6 heteroatoms. The molecule has 1 aromatic carbocycles. The fraction of sp³-hybridized carbons (Fsp3) is 0.619. The number of carbonyl (C=O) groups is 2. The Hall–Kier alpha value is -2.08. The third kappa shape index (κ3) is 5.45. The Balaban J connectivity index is 1.97. The summed E-state index contributed by atoms with van der Waals surface area (Å²) in [6.07, 6.45) is 0.923. The number of amides is 2. The van der Waals surface area contributed by atoms with E-state index >= 15 is 0 Å². The highest BCUT2D eigenvalue weighted by atomic mass is 16.2. The van der Waals surface area contributed by atoms with Crippen LogP contribution in [0.3, 0.4) is 0 Å². The van der Waals surface area contributed by atoms with Crippen LogP contribution in [0.25, 0.3) is 0 Å². The van der Waals surface area contributed by atoms with Crippen molar-refractivity contribution in [3.05, 3.63) is 23.8 Å². The molecular formula is C21H34N4O2. The van der Waals surface area contributed by atoms with Crippen LogP contribution in [-0.4, -0.2) is 48.9 Å². The predicted molar refractivity (Wildman–Crippen MR) is 111 cm³/mol. The molecule has 0 aliphatic carbocycles. The summed E-state index contributed by atoms with van der Waals surface area (Å²) < 4.78 is 0. The van der Waals surface area contributed by atoms with E-state index in [1.54, 1.807) is 12.1 Å². The minimum Gasteiger partial charge on any atom is -0.372 e. The quantitative estimate of drug-likeness (QED) is 0.621. The van der Waals surface area contributed by atoms with Crippen molar-refractivity contribution in [1.82, 2.24) is 10.2 Å². The Morgan fingerprint density at radius 1 is 1.19 bits per heavy atom. The van der Waals surface area contributed by atoms with E-state index in [4.69, 9.17) is 0 Å². The summed E-state index contributed by atoms with van der Waals surface area (Å²) in [5.74, 6) is 0.474. The minimum atomic E-state index is -0.233. The molecule has 0 saturated heterocycles. The van der Waals surface area contributed by atoms with Crippen molar-refractivity contribution in [3.8, 4) is 0 Å². The van der Waals surface area contributed by atoms with E-state index in [0.717, 1.165) is 31.7 Å². The van der Waals surface area contributed by atoms with Crippen LogP contribution < -0.4 is 16.0 Å². The van der Waals surface area contributed by atoms with Gasteiger partial charge in [0.05, 0.1) is 11.4 Å². The summed E-state index contributed by atoms with van der Waals surface area (Å²) in [7, 11) is 0. The molecule has 0 radical (unpaired) electrons. The zero-order valence-corrected chi connectivity index (χ0v) is 17.3. The van der Waals surface area contributed by atoms with Crippen LogP contribution in [0.15, 0.2) is 18.2 Å². The molecule has 0 saturated carbocycles. The average Bonchev–Trinajstić information content (AvgIpc) is 2.68. The fourth-order valence-electron chi connectivity index (χ4n) is 3.35. The minimum absolute atomic E-state index is 0.0396. The molecule has 0 aromatic heterocycles. The van der Waals surface area contributed by atoms with E-state index < -0.39 is 0 Å². The van der Waals surface area contributed by atoms with Crippen LogP contribution in [0.1, 0.15) is 51.4 Å². The topological polar surface area (TPSA) is 73.5 Å². The van der Waals surface area contributed by atoms with Gasteiger partial charge in [0, 0.05) is 18.7 Å². The molecule has 3 N–H and O–H groups in total. The van der Waals surface area contributed by atoms with E-state index in [2.05, 4.69) is 55.5 Å². The van der Waals surface area contributed by atoms with Crippen molar-refractivity contribution in [2.24, 2.45) is 11.8 Å². The van der Waals surface area contributed by atoms with E-state index in [-0.39, 0.29) is 23.8 Å². The van der Waals surface area contributed by atoms with E-state index in [1.807, 2.05) is 6.07 Å². The summed E-state index contributed by atoms with van der Waals surface area (Å²) in [6, 6.07) is 5.19. The number of anilines is 2. The van der Waals surface area contributed by atoms with Gasteiger partial charge in [-0.05, 0) is 43.1 Å². The Morgan fingerprint density at radius 2 is 1.89 bits per heavy atom. The zero-order chi connectivity index (χ0) is 20.0. The van der Waals surface area contributed by atoms with E-state index in [0.29, 0.717) is 23.7 Å². The second-order valence-corrected chi connectivity index (χ2v) is 7.56. The van der Waals surface area contributed by atoms with Crippen molar-refractivity contribution >= 4 is 23.2 Å². The van der Waals surface area contributed by atoms with Gasteiger partial charge in [0.2, 0.25) is 5.91 Å². The first-order valence-corrected chi connectivity index (χ1v) is 10.1. The maximum absolute atomic E-state index is 12.5. The highest BCUT2D eigenvalue weighted by Gasteiger charge is 2.29. The van der Waals surface area contributed by atoms with Gasteiger partial charge in [-0.15, -0.1) is 0 Å². The van der Waals surface area contributed by atoms with Crippen LogP contribution in [0.2, 0.25) is 0 Å². The fourth-order valence-corrected chi connectivity index (χ4v) is 3.35. The first-order valence-electron chi connectivity index (χ1n) is 10.1. The highest BCUT2D eigenvalue weighted by molar-refractivity contribution is 6.05. The average molecular weight is 375 g/mol. The number of hydrogen-bond donors (Lipinski definition) is 3. The third-order valence-corrected chi connectivity index (χ3v) is 5.42. The Morgan fingerprint density at radius 3 is 2.52 bits per heavy atom. The van der Waals surface area contributed by atoms with Crippen molar-refractivity contribution in [3.63, 3.8) is 0 Å². The number of nitrogens with one attached hydrogen (secondary N) is 3. The Bertz CT molecular complexity index is 658. The molecule has 6 nitrogen and oxygen atoms in total. The summed E-state index contributed by atoms with van der Waals surface area (Å²) >= 11 is 0. The van der Waals surface area contributed by atoms with Crippen molar-refractivity contribution < 1.29 is 9.59 Å². The maximum atomic E-state index is 12.5. The zero-order valence-electron chi connectivity index (χ0n) is 17.3.